The lowest BCUT2D eigenvalue weighted by Gasteiger charge is -2.04. The van der Waals surface area contributed by atoms with Crippen molar-refractivity contribution in [2.24, 2.45) is 0 Å². The SMILES string of the molecule is O=C(O)CSc1nnnn1-c1ccccc1Br. The Morgan fingerprint density at radius 2 is 2.24 bits per heavy atom. The lowest BCUT2D eigenvalue weighted by Crippen LogP contribution is -2.03. The molecule has 0 aliphatic carbocycles. The molecule has 8 heteroatoms. The maximum Gasteiger partial charge on any atom is 0.313 e. The van der Waals surface area contributed by atoms with E-state index in [1.807, 2.05) is 24.3 Å². The Morgan fingerprint density at radius 3 is 2.94 bits per heavy atom. The summed E-state index contributed by atoms with van der Waals surface area (Å²) in [7, 11) is 0. The van der Waals surface area contributed by atoms with Gasteiger partial charge in [0.15, 0.2) is 0 Å². The van der Waals surface area contributed by atoms with Crippen molar-refractivity contribution in [2.75, 3.05) is 5.75 Å². The molecule has 1 heterocycles. The second kappa shape index (κ2) is 5.28. The predicted molar refractivity (Wildman–Crippen MR) is 65.2 cm³/mol. The first-order chi connectivity index (χ1) is 8.18. The first kappa shape index (κ1) is 12.1. The van der Waals surface area contributed by atoms with E-state index in [1.165, 1.54) is 4.68 Å². The number of thioether (sulfide) groups is 1. The monoisotopic (exact) mass is 314 g/mol. The van der Waals surface area contributed by atoms with Crippen LogP contribution in [-0.2, 0) is 4.79 Å². The van der Waals surface area contributed by atoms with Gasteiger partial charge in [0.1, 0.15) is 0 Å². The van der Waals surface area contributed by atoms with E-state index in [0.29, 0.717) is 5.16 Å². The highest BCUT2D eigenvalue weighted by atomic mass is 79.9. The summed E-state index contributed by atoms with van der Waals surface area (Å²) in [6, 6.07) is 7.43. The van der Waals surface area contributed by atoms with Gasteiger partial charge < -0.3 is 5.11 Å². The summed E-state index contributed by atoms with van der Waals surface area (Å²) < 4.78 is 2.34. The third-order valence-corrected chi connectivity index (χ3v) is 3.42. The normalized spacial score (nSPS) is 10.4. The van der Waals surface area contributed by atoms with Gasteiger partial charge in [0, 0.05) is 4.47 Å². The Hall–Kier alpha value is -1.41. The average Bonchev–Trinajstić information content (AvgIpc) is 2.75. The van der Waals surface area contributed by atoms with E-state index in [1.54, 1.807) is 0 Å². The number of nitrogens with zero attached hydrogens (tertiary/aromatic N) is 4. The van der Waals surface area contributed by atoms with E-state index in [2.05, 4.69) is 31.5 Å². The molecule has 88 valence electrons. The zero-order valence-corrected chi connectivity index (χ0v) is 10.8. The highest BCUT2D eigenvalue weighted by molar-refractivity contribution is 9.10. The van der Waals surface area contributed by atoms with Crippen molar-refractivity contribution < 1.29 is 9.90 Å². The molecule has 6 nitrogen and oxygen atoms in total. The maximum atomic E-state index is 10.5. The quantitative estimate of drug-likeness (QED) is 0.863. The first-order valence-corrected chi connectivity index (χ1v) is 6.34. The second-order valence-electron chi connectivity index (χ2n) is 3.01. The van der Waals surface area contributed by atoms with Crippen molar-refractivity contribution in [3.63, 3.8) is 0 Å². The van der Waals surface area contributed by atoms with Gasteiger partial charge in [-0.25, -0.2) is 0 Å². The van der Waals surface area contributed by atoms with Crippen LogP contribution >= 0.6 is 27.7 Å². The third kappa shape index (κ3) is 2.83. The number of carboxylic acid groups (broad SMARTS) is 1. The largest absolute Gasteiger partial charge is 0.481 e. The first-order valence-electron chi connectivity index (χ1n) is 4.56. The molecule has 1 aromatic carbocycles. The number of hydrogen-bond donors (Lipinski definition) is 1. The van der Waals surface area contributed by atoms with Crippen LogP contribution < -0.4 is 0 Å². The maximum absolute atomic E-state index is 10.5. The van der Waals surface area contributed by atoms with E-state index in [-0.39, 0.29) is 5.75 Å². The number of halogens is 1. The van der Waals surface area contributed by atoms with Crippen LogP contribution in [0.1, 0.15) is 0 Å². The Kier molecular flexibility index (Phi) is 3.75. The highest BCUT2D eigenvalue weighted by Crippen LogP contribution is 2.23. The minimum Gasteiger partial charge on any atom is -0.481 e. The van der Waals surface area contributed by atoms with Gasteiger partial charge in [-0.1, -0.05) is 23.9 Å². The van der Waals surface area contributed by atoms with Gasteiger partial charge in [-0.15, -0.1) is 5.10 Å². The van der Waals surface area contributed by atoms with Crippen LogP contribution in [0.5, 0.6) is 0 Å². The fraction of sp³-hybridized carbons (Fsp3) is 0.111. The number of carboxylic acids is 1. The van der Waals surface area contributed by atoms with Crippen LogP contribution in [0.25, 0.3) is 5.69 Å². The van der Waals surface area contributed by atoms with Crippen molar-refractivity contribution >= 4 is 33.7 Å². The summed E-state index contributed by atoms with van der Waals surface area (Å²) in [5.74, 6) is -0.984. The van der Waals surface area contributed by atoms with E-state index >= 15 is 0 Å². The number of para-hydroxylation sites is 1. The van der Waals surface area contributed by atoms with Crippen LogP contribution in [0.15, 0.2) is 33.9 Å². The molecule has 0 aliphatic heterocycles. The van der Waals surface area contributed by atoms with Gasteiger partial charge in [-0.3, -0.25) is 4.79 Å². The summed E-state index contributed by atoms with van der Waals surface area (Å²) in [6.07, 6.45) is 0. The summed E-state index contributed by atoms with van der Waals surface area (Å²) in [4.78, 5) is 10.5. The molecule has 0 fully saturated rings. The molecule has 0 aliphatic rings. The molecule has 0 spiro atoms. The van der Waals surface area contributed by atoms with Gasteiger partial charge in [0.05, 0.1) is 11.4 Å². The smallest absolute Gasteiger partial charge is 0.313 e. The summed E-state index contributed by atoms with van der Waals surface area (Å²) in [5, 5.41) is 20.2. The molecular weight excluding hydrogens is 308 g/mol. The molecule has 0 unspecified atom stereocenters. The Morgan fingerprint density at radius 1 is 1.47 bits per heavy atom. The van der Waals surface area contributed by atoms with Crippen LogP contribution in [0.4, 0.5) is 0 Å². The van der Waals surface area contributed by atoms with Gasteiger partial charge in [-0.05, 0) is 38.5 Å². The van der Waals surface area contributed by atoms with Crippen molar-refractivity contribution in [3.8, 4) is 5.69 Å². The van der Waals surface area contributed by atoms with Gasteiger partial charge in [0.2, 0.25) is 5.16 Å². The Balaban J connectivity index is 2.31. The topological polar surface area (TPSA) is 80.9 Å². The predicted octanol–water partition coefficient (Wildman–Crippen LogP) is 1.60. The number of carbonyl (C=O) groups is 1. The third-order valence-electron chi connectivity index (χ3n) is 1.85. The molecule has 1 aromatic heterocycles. The standard InChI is InChI=1S/C9H7BrN4O2S/c10-6-3-1-2-4-7(6)14-9(11-12-13-14)17-5-8(15)16/h1-4H,5H2,(H,15,16). The highest BCUT2D eigenvalue weighted by Gasteiger charge is 2.12. The molecule has 2 rings (SSSR count). The molecule has 0 amide bonds. The van der Waals surface area contributed by atoms with Crippen molar-refractivity contribution in [2.45, 2.75) is 5.16 Å². The molecule has 0 radical (unpaired) electrons. The van der Waals surface area contributed by atoms with Crippen molar-refractivity contribution in [3.05, 3.63) is 28.7 Å². The van der Waals surface area contributed by atoms with Crippen LogP contribution in [0.3, 0.4) is 0 Å². The number of benzene rings is 1. The molecule has 0 saturated heterocycles. The van der Waals surface area contributed by atoms with E-state index < -0.39 is 5.97 Å². The van der Waals surface area contributed by atoms with Crippen LogP contribution in [0.2, 0.25) is 0 Å². The second-order valence-corrected chi connectivity index (χ2v) is 4.80. The lowest BCUT2D eigenvalue weighted by molar-refractivity contribution is -0.133. The number of hydrogen-bond acceptors (Lipinski definition) is 5. The fourth-order valence-corrected chi connectivity index (χ4v) is 2.23. The van der Waals surface area contributed by atoms with E-state index in [0.717, 1.165) is 21.9 Å². The van der Waals surface area contributed by atoms with E-state index in [4.69, 9.17) is 5.11 Å². The number of rotatable bonds is 4. The number of tetrazole rings is 1. The molecule has 2 aromatic rings. The summed E-state index contributed by atoms with van der Waals surface area (Å²) >= 11 is 4.46. The molecule has 17 heavy (non-hydrogen) atoms. The molecular formula is C9H7BrN4O2S. The average molecular weight is 315 g/mol. The zero-order valence-electron chi connectivity index (χ0n) is 8.45. The molecule has 0 saturated carbocycles. The van der Waals surface area contributed by atoms with Gasteiger partial charge in [-0.2, -0.15) is 4.68 Å². The molecule has 0 atom stereocenters. The Labute approximate surface area is 109 Å². The van der Waals surface area contributed by atoms with E-state index in [9.17, 15) is 4.79 Å². The van der Waals surface area contributed by atoms with Gasteiger partial charge in [0.25, 0.3) is 0 Å². The van der Waals surface area contributed by atoms with Crippen molar-refractivity contribution in [1.82, 2.24) is 20.2 Å². The van der Waals surface area contributed by atoms with Crippen LogP contribution in [0, 0.1) is 0 Å². The Bertz CT molecular complexity index is 545. The van der Waals surface area contributed by atoms with Crippen molar-refractivity contribution in [1.29, 1.82) is 0 Å². The number of aliphatic carboxylic acids is 1. The molecule has 0 bridgehead atoms. The summed E-state index contributed by atoms with van der Waals surface area (Å²) in [6.45, 7) is 0. The molecule has 1 N–H and O–H groups in total. The number of aromatic nitrogens is 4. The minimum atomic E-state index is -0.906. The van der Waals surface area contributed by atoms with Gasteiger partial charge >= 0.3 is 5.97 Å². The fourth-order valence-electron chi connectivity index (χ4n) is 1.17. The lowest BCUT2D eigenvalue weighted by atomic mass is 10.3. The zero-order chi connectivity index (χ0) is 12.3. The van der Waals surface area contributed by atoms with Crippen LogP contribution in [-0.4, -0.2) is 37.0 Å². The minimum absolute atomic E-state index is 0.0785. The summed E-state index contributed by atoms with van der Waals surface area (Å²) in [5.41, 5.74) is 0.769.